The third kappa shape index (κ3) is 2.41. The zero-order valence-electron chi connectivity index (χ0n) is 16.0. The van der Waals surface area contributed by atoms with Gasteiger partial charge in [0.2, 0.25) is 0 Å². The lowest BCUT2D eigenvalue weighted by Gasteiger charge is -2.62. The van der Waals surface area contributed by atoms with Crippen molar-refractivity contribution >= 4 is 0 Å². The Morgan fingerprint density at radius 1 is 1.00 bits per heavy atom. The Kier molecular flexibility index (Phi) is 4.37. The average Bonchev–Trinajstić information content (AvgIpc) is 2.95. The van der Waals surface area contributed by atoms with Crippen LogP contribution in [0, 0.1) is 40.4 Å². The second-order valence-electron chi connectivity index (χ2n) is 10.1. The lowest BCUT2D eigenvalue weighted by atomic mass is 9.44. The molecule has 0 aromatic rings. The van der Waals surface area contributed by atoms with Crippen molar-refractivity contribution in [2.24, 2.45) is 40.4 Å². The molecule has 0 saturated heterocycles. The van der Waals surface area contributed by atoms with Crippen LogP contribution in [0.1, 0.15) is 65.2 Å². The van der Waals surface area contributed by atoms with Crippen molar-refractivity contribution in [3.05, 3.63) is 12.2 Å². The molecule has 4 saturated carbocycles. The van der Waals surface area contributed by atoms with Crippen LogP contribution in [0.15, 0.2) is 12.2 Å². The van der Waals surface area contributed by atoms with E-state index in [0.29, 0.717) is 23.7 Å². The molecule has 3 heteroatoms. The molecule has 142 valence electrons. The first kappa shape index (κ1) is 18.0. The third-order valence-corrected chi connectivity index (χ3v) is 9.44. The van der Waals surface area contributed by atoms with Gasteiger partial charge >= 0.3 is 0 Å². The van der Waals surface area contributed by atoms with Gasteiger partial charge in [-0.05, 0) is 91.9 Å². The van der Waals surface area contributed by atoms with Gasteiger partial charge in [0.05, 0.1) is 18.8 Å². The van der Waals surface area contributed by atoms with Gasteiger partial charge in [-0.25, -0.2) is 0 Å². The topological polar surface area (TPSA) is 60.7 Å². The number of hydrogen-bond acceptors (Lipinski definition) is 3. The molecule has 3 nitrogen and oxygen atoms in total. The maximum absolute atomic E-state index is 11.3. The van der Waals surface area contributed by atoms with E-state index < -0.39 is 0 Å². The van der Waals surface area contributed by atoms with Crippen molar-refractivity contribution < 1.29 is 15.3 Å². The molecule has 25 heavy (non-hydrogen) atoms. The van der Waals surface area contributed by atoms with E-state index >= 15 is 0 Å². The van der Waals surface area contributed by atoms with E-state index in [1.54, 1.807) is 0 Å². The van der Waals surface area contributed by atoms with Crippen LogP contribution in [-0.4, -0.2) is 34.1 Å². The Balaban J connectivity index is 1.65. The summed E-state index contributed by atoms with van der Waals surface area (Å²) >= 11 is 0. The van der Waals surface area contributed by atoms with Crippen LogP contribution in [0.4, 0.5) is 0 Å². The summed E-state index contributed by atoms with van der Waals surface area (Å²) in [6.07, 6.45) is 8.22. The molecule has 0 aromatic carbocycles. The van der Waals surface area contributed by atoms with Crippen molar-refractivity contribution in [2.75, 3.05) is 6.61 Å². The molecule has 4 fully saturated rings. The zero-order valence-corrected chi connectivity index (χ0v) is 16.0. The molecular weight excluding hydrogens is 312 g/mol. The molecule has 3 N–H and O–H groups in total. The summed E-state index contributed by atoms with van der Waals surface area (Å²) in [7, 11) is 0. The minimum Gasteiger partial charge on any atom is -0.393 e. The largest absolute Gasteiger partial charge is 0.393 e. The minimum absolute atomic E-state index is 0.0471. The van der Waals surface area contributed by atoms with Crippen molar-refractivity contribution in [3.63, 3.8) is 0 Å². The molecule has 0 heterocycles. The minimum atomic E-state index is -0.294. The third-order valence-electron chi connectivity index (χ3n) is 9.44. The fraction of sp³-hybridized carbons (Fsp3) is 0.909. The summed E-state index contributed by atoms with van der Waals surface area (Å²) in [5.74, 6) is 2.73. The fourth-order valence-electron chi connectivity index (χ4n) is 7.97. The summed E-state index contributed by atoms with van der Waals surface area (Å²) in [5, 5.41) is 31.1. The van der Waals surface area contributed by atoms with E-state index in [0.717, 1.165) is 37.7 Å². The normalized spacial score (nSPS) is 55.2. The molecule has 0 aromatic heterocycles. The van der Waals surface area contributed by atoms with Crippen LogP contribution < -0.4 is 0 Å². The predicted octanol–water partition coefficient (Wildman–Crippen LogP) is 3.53. The first-order valence-corrected chi connectivity index (χ1v) is 10.5. The number of hydrogen-bond donors (Lipinski definition) is 3. The van der Waals surface area contributed by atoms with Gasteiger partial charge < -0.3 is 15.3 Å². The predicted molar refractivity (Wildman–Crippen MR) is 98.8 cm³/mol. The lowest BCUT2D eigenvalue weighted by Crippen LogP contribution is -2.58. The second kappa shape index (κ2) is 6.07. The monoisotopic (exact) mass is 348 g/mol. The van der Waals surface area contributed by atoms with Crippen LogP contribution >= 0.6 is 0 Å². The maximum Gasteiger partial charge on any atom is 0.0642 e. The van der Waals surface area contributed by atoms with E-state index in [4.69, 9.17) is 0 Å². The molecular formula is C22H36O3. The van der Waals surface area contributed by atoms with Crippen molar-refractivity contribution in [2.45, 2.75) is 77.4 Å². The standard InChI is InChI=1S/C22H36O3/c1-13(12-23)17-6-7-18-16-5-4-14-10-15(24)8-9-21(14,2)19(16)11-20(25)22(17,18)3/h14-20,23-25H,1,4-12H2,2-3H3/t14-,15+,16+,17-,18+,19+,20+,21+,22-/m1/s1. The van der Waals surface area contributed by atoms with Gasteiger partial charge in [-0.3, -0.25) is 0 Å². The summed E-state index contributed by atoms with van der Waals surface area (Å²) < 4.78 is 0. The lowest BCUT2D eigenvalue weighted by molar-refractivity contribution is -0.168. The molecule has 0 radical (unpaired) electrons. The number of aliphatic hydroxyl groups is 3. The van der Waals surface area contributed by atoms with Gasteiger partial charge in [-0.15, -0.1) is 0 Å². The highest BCUT2D eigenvalue weighted by Gasteiger charge is 2.63. The van der Waals surface area contributed by atoms with E-state index in [1.165, 1.54) is 19.3 Å². The molecule has 0 amide bonds. The van der Waals surface area contributed by atoms with Gasteiger partial charge in [-0.2, -0.15) is 0 Å². The SMILES string of the molecule is C=C(CO)[C@H]1CC[C@H]2[C@@H]3CC[C@@H]4C[C@@H](O)CC[C@]4(C)[C@H]3C[C@H](O)[C@]12C. The van der Waals surface area contributed by atoms with Gasteiger partial charge in [0.1, 0.15) is 0 Å². The first-order valence-electron chi connectivity index (χ1n) is 10.5. The van der Waals surface area contributed by atoms with Gasteiger partial charge in [-0.1, -0.05) is 20.4 Å². The van der Waals surface area contributed by atoms with Crippen molar-refractivity contribution in [1.29, 1.82) is 0 Å². The van der Waals surface area contributed by atoms with Crippen LogP contribution in [0.5, 0.6) is 0 Å². The highest BCUT2D eigenvalue weighted by molar-refractivity contribution is 5.18. The molecule has 4 aliphatic carbocycles. The second-order valence-corrected chi connectivity index (χ2v) is 10.1. The van der Waals surface area contributed by atoms with Crippen molar-refractivity contribution in [3.8, 4) is 0 Å². The first-order chi connectivity index (χ1) is 11.8. The molecule has 0 aliphatic heterocycles. The van der Waals surface area contributed by atoms with Crippen LogP contribution in [0.3, 0.4) is 0 Å². The number of aliphatic hydroxyl groups excluding tert-OH is 3. The Labute approximate surface area is 152 Å². The zero-order chi connectivity index (χ0) is 18.0. The maximum atomic E-state index is 11.3. The molecule has 0 spiro atoms. The molecule has 9 atom stereocenters. The fourth-order valence-corrected chi connectivity index (χ4v) is 7.97. The quantitative estimate of drug-likeness (QED) is 0.669. The highest BCUT2D eigenvalue weighted by atomic mass is 16.3. The van der Waals surface area contributed by atoms with E-state index in [-0.39, 0.29) is 35.6 Å². The molecule has 0 unspecified atom stereocenters. The van der Waals surface area contributed by atoms with Crippen LogP contribution in [0.2, 0.25) is 0 Å². The van der Waals surface area contributed by atoms with Gasteiger partial charge in [0.25, 0.3) is 0 Å². The Bertz CT molecular complexity index is 545. The summed E-state index contributed by atoms with van der Waals surface area (Å²) in [4.78, 5) is 0. The Morgan fingerprint density at radius 3 is 2.48 bits per heavy atom. The number of fused-ring (bicyclic) bond motifs is 5. The smallest absolute Gasteiger partial charge is 0.0642 e. The summed E-state index contributed by atoms with van der Waals surface area (Å²) in [6.45, 7) is 8.90. The Morgan fingerprint density at radius 2 is 1.76 bits per heavy atom. The highest BCUT2D eigenvalue weighted by Crippen LogP contribution is 2.68. The Hall–Kier alpha value is -0.380. The molecule has 4 aliphatic rings. The molecule has 0 bridgehead atoms. The van der Waals surface area contributed by atoms with Crippen LogP contribution in [0.25, 0.3) is 0 Å². The number of rotatable bonds is 2. The van der Waals surface area contributed by atoms with Gasteiger partial charge in [0, 0.05) is 5.41 Å². The summed E-state index contributed by atoms with van der Waals surface area (Å²) in [6, 6.07) is 0. The van der Waals surface area contributed by atoms with Gasteiger partial charge in [0.15, 0.2) is 0 Å². The average molecular weight is 349 g/mol. The van der Waals surface area contributed by atoms with Crippen molar-refractivity contribution in [1.82, 2.24) is 0 Å². The van der Waals surface area contributed by atoms with Crippen LogP contribution in [-0.2, 0) is 0 Å². The van der Waals surface area contributed by atoms with E-state index in [1.807, 2.05) is 0 Å². The molecule has 4 rings (SSSR count). The van der Waals surface area contributed by atoms with E-state index in [9.17, 15) is 15.3 Å². The van der Waals surface area contributed by atoms with E-state index in [2.05, 4.69) is 20.4 Å². The summed E-state index contributed by atoms with van der Waals surface area (Å²) in [5.41, 5.74) is 1.10.